The van der Waals surface area contributed by atoms with E-state index in [0.29, 0.717) is 29.1 Å². The van der Waals surface area contributed by atoms with Gasteiger partial charge < -0.3 is 10.1 Å². The van der Waals surface area contributed by atoms with Gasteiger partial charge in [0, 0.05) is 11.8 Å². The standard InChI is InChI=1S/C26H24F3N5O2S/c1-37-13-11-22(23-32-25(34-33-23)26(27,28)29)31-24(35)20-10-9-17(16-36-19-8-5-12-30-15-19)14-21(20)18-6-3-2-4-7-18/h2-10,12,14-15,22H,11,13,16H2,1H3,(H,31,35)(H,32,33,34). The highest BCUT2D eigenvalue weighted by atomic mass is 32.2. The fourth-order valence-electron chi connectivity index (χ4n) is 3.64. The SMILES string of the molecule is CSCCC(NC(=O)c1ccc(COc2cccnc2)cc1-c1ccccc1)c1nc(C(F)(F)F)n[nH]1. The first-order valence-corrected chi connectivity index (χ1v) is 12.7. The summed E-state index contributed by atoms with van der Waals surface area (Å²) in [6, 6.07) is 17.5. The van der Waals surface area contributed by atoms with E-state index in [1.165, 1.54) is 11.8 Å². The van der Waals surface area contributed by atoms with Crippen molar-refractivity contribution in [3.63, 3.8) is 0 Å². The van der Waals surface area contributed by atoms with Gasteiger partial charge in [-0.2, -0.15) is 24.9 Å². The first-order valence-electron chi connectivity index (χ1n) is 11.4. The molecule has 0 saturated carbocycles. The Morgan fingerprint density at radius 3 is 2.62 bits per heavy atom. The number of carbonyl (C=O) groups excluding carboxylic acids is 1. The number of hydrogen-bond donors (Lipinski definition) is 2. The number of H-pyrrole nitrogens is 1. The molecule has 0 spiro atoms. The molecule has 0 fully saturated rings. The van der Waals surface area contributed by atoms with Crippen molar-refractivity contribution in [3.05, 3.63) is 95.8 Å². The molecular weight excluding hydrogens is 503 g/mol. The smallest absolute Gasteiger partial charge is 0.453 e. The summed E-state index contributed by atoms with van der Waals surface area (Å²) in [6.07, 6.45) is 0.833. The maximum absolute atomic E-state index is 13.4. The number of halogens is 3. The number of nitrogens with one attached hydrogen (secondary N) is 2. The third kappa shape index (κ3) is 6.88. The van der Waals surface area contributed by atoms with Crippen molar-refractivity contribution in [2.75, 3.05) is 12.0 Å². The highest BCUT2D eigenvalue weighted by Gasteiger charge is 2.37. The highest BCUT2D eigenvalue weighted by molar-refractivity contribution is 7.98. The number of pyridine rings is 1. The summed E-state index contributed by atoms with van der Waals surface area (Å²) < 4.78 is 44.9. The van der Waals surface area contributed by atoms with Gasteiger partial charge in [0.15, 0.2) is 0 Å². The zero-order chi connectivity index (χ0) is 26.3. The van der Waals surface area contributed by atoms with Gasteiger partial charge in [0.05, 0.1) is 12.2 Å². The van der Waals surface area contributed by atoms with Gasteiger partial charge in [0.25, 0.3) is 11.7 Å². The minimum Gasteiger partial charge on any atom is -0.487 e. The first kappa shape index (κ1) is 26.2. The number of rotatable bonds is 10. The summed E-state index contributed by atoms with van der Waals surface area (Å²) in [6.45, 7) is 0.266. The normalized spacial score (nSPS) is 12.2. The quantitative estimate of drug-likeness (QED) is 0.275. The van der Waals surface area contributed by atoms with Gasteiger partial charge in [-0.15, -0.1) is 5.10 Å². The Kier molecular flexibility index (Phi) is 8.44. The molecule has 1 unspecified atom stereocenters. The van der Waals surface area contributed by atoms with E-state index in [0.717, 1.165) is 11.1 Å². The molecule has 4 rings (SSSR count). The largest absolute Gasteiger partial charge is 0.487 e. The molecule has 7 nitrogen and oxygen atoms in total. The number of aromatic amines is 1. The third-order valence-corrected chi connectivity index (χ3v) is 6.10. The summed E-state index contributed by atoms with van der Waals surface area (Å²) in [7, 11) is 0. The van der Waals surface area contributed by atoms with Crippen molar-refractivity contribution in [2.45, 2.75) is 25.2 Å². The highest BCUT2D eigenvalue weighted by Crippen LogP contribution is 2.29. The molecule has 4 aromatic rings. The fourth-order valence-corrected chi connectivity index (χ4v) is 4.11. The number of ether oxygens (including phenoxy) is 1. The van der Waals surface area contributed by atoms with Crippen molar-refractivity contribution >= 4 is 17.7 Å². The van der Waals surface area contributed by atoms with E-state index in [1.807, 2.05) is 42.7 Å². The molecule has 37 heavy (non-hydrogen) atoms. The summed E-state index contributed by atoms with van der Waals surface area (Å²) in [5.41, 5.74) is 2.70. The molecule has 2 aromatic heterocycles. The molecule has 0 radical (unpaired) electrons. The molecule has 1 atom stereocenters. The Morgan fingerprint density at radius 2 is 1.95 bits per heavy atom. The van der Waals surface area contributed by atoms with Crippen molar-refractivity contribution in [2.24, 2.45) is 0 Å². The van der Waals surface area contributed by atoms with Crippen LogP contribution in [0.25, 0.3) is 11.1 Å². The van der Waals surface area contributed by atoms with Crippen LogP contribution < -0.4 is 10.1 Å². The summed E-state index contributed by atoms with van der Waals surface area (Å²) in [5.74, 6) is -0.531. The van der Waals surface area contributed by atoms with Crippen molar-refractivity contribution in [3.8, 4) is 16.9 Å². The maximum Gasteiger partial charge on any atom is 0.453 e. The van der Waals surface area contributed by atoms with Crippen LogP contribution in [0.5, 0.6) is 5.75 Å². The summed E-state index contributed by atoms with van der Waals surface area (Å²) in [4.78, 5) is 21.1. The van der Waals surface area contributed by atoms with E-state index >= 15 is 0 Å². The molecular formula is C26H24F3N5O2S. The van der Waals surface area contributed by atoms with E-state index in [-0.39, 0.29) is 12.4 Å². The van der Waals surface area contributed by atoms with Crippen LogP contribution in [0.2, 0.25) is 0 Å². The summed E-state index contributed by atoms with van der Waals surface area (Å²) >= 11 is 1.51. The predicted octanol–water partition coefficient (Wildman–Crippen LogP) is 5.69. The monoisotopic (exact) mass is 527 g/mol. The molecule has 1 amide bonds. The maximum atomic E-state index is 13.4. The lowest BCUT2D eigenvalue weighted by Crippen LogP contribution is -2.30. The number of benzene rings is 2. The van der Waals surface area contributed by atoms with E-state index < -0.39 is 23.9 Å². The van der Waals surface area contributed by atoms with Gasteiger partial charge in [-0.05, 0) is 59.4 Å². The van der Waals surface area contributed by atoms with Gasteiger partial charge >= 0.3 is 6.18 Å². The topological polar surface area (TPSA) is 92.8 Å². The fraction of sp³-hybridized carbons (Fsp3) is 0.231. The number of thioether (sulfide) groups is 1. The zero-order valence-corrected chi connectivity index (χ0v) is 20.6. The van der Waals surface area contributed by atoms with Crippen LogP contribution >= 0.6 is 11.8 Å². The summed E-state index contributed by atoms with van der Waals surface area (Å²) in [5, 5.41) is 8.46. The Hall–Kier alpha value is -3.86. The molecule has 11 heteroatoms. The Morgan fingerprint density at radius 1 is 1.14 bits per heavy atom. The lowest BCUT2D eigenvalue weighted by molar-refractivity contribution is -0.144. The van der Waals surface area contributed by atoms with E-state index in [2.05, 4.69) is 25.5 Å². The minimum atomic E-state index is -4.68. The lowest BCUT2D eigenvalue weighted by atomic mass is 9.96. The van der Waals surface area contributed by atoms with Gasteiger partial charge in [-0.1, -0.05) is 36.4 Å². The first-order chi connectivity index (χ1) is 17.8. The van der Waals surface area contributed by atoms with Crippen molar-refractivity contribution in [1.82, 2.24) is 25.5 Å². The number of nitrogens with zero attached hydrogens (tertiary/aromatic N) is 3. The zero-order valence-electron chi connectivity index (χ0n) is 19.8. The molecule has 192 valence electrons. The van der Waals surface area contributed by atoms with Crippen LogP contribution in [-0.2, 0) is 12.8 Å². The molecule has 0 bridgehead atoms. The molecule has 0 aliphatic rings. The molecule has 2 N–H and O–H groups in total. The Bertz CT molecular complexity index is 1320. The molecule has 2 aromatic carbocycles. The number of amides is 1. The number of carbonyl (C=O) groups is 1. The average Bonchev–Trinajstić information content (AvgIpc) is 3.42. The predicted molar refractivity (Wildman–Crippen MR) is 135 cm³/mol. The van der Waals surface area contributed by atoms with Crippen LogP contribution in [0.3, 0.4) is 0 Å². The Balaban J connectivity index is 1.61. The number of aromatic nitrogens is 4. The second-order valence-electron chi connectivity index (χ2n) is 8.07. The molecule has 0 saturated heterocycles. The van der Waals surface area contributed by atoms with Crippen LogP contribution in [0.4, 0.5) is 13.2 Å². The second kappa shape index (κ2) is 11.9. The van der Waals surface area contributed by atoms with Gasteiger partial charge in [-0.25, -0.2) is 4.98 Å². The molecule has 2 heterocycles. The Labute approximate surface area is 215 Å². The minimum absolute atomic E-state index is 0.0440. The van der Waals surface area contributed by atoms with E-state index in [1.54, 1.807) is 36.7 Å². The van der Waals surface area contributed by atoms with Crippen molar-refractivity contribution in [1.29, 1.82) is 0 Å². The van der Waals surface area contributed by atoms with Crippen LogP contribution in [0, 0.1) is 0 Å². The third-order valence-electron chi connectivity index (χ3n) is 5.46. The van der Waals surface area contributed by atoms with Gasteiger partial charge in [-0.3, -0.25) is 14.9 Å². The number of alkyl halides is 3. The van der Waals surface area contributed by atoms with Crippen LogP contribution in [0.1, 0.15) is 40.0 Å². The van der Waals surface area contributed by atoms with Gasteiger partial charge in [0.1, 0.15) is 18.2 Å². The van der Waals surface area contributed by atoms with Crippen molar-refractivity contribution < 1.29 is 22.7 Å². The van der Waals surface area contributed by atoms with Crippen LogP contribution in [0.15, 0.2) is 73.1 Å². The van der Waals surface area contributed by atoms with Crippen LogP contribution in [-0.4, -0.2) is 38.1 Å². The molecule has 0 aliphatic carbocycles. The second-order valence-corrected chi connectivity index (χ2v) is 9.06. The number of hydrogen-bond acceptors (Lipinski definition) is 6. The van der Waals surface area contributed by atoms with Gasteiger partial charge in [0.2, 0.25) is 0 Å². The average molecular weight is 528 g/mol. The van der Waals surface area contributed by atoms with E-state index in [4.69, 9.17) is 4.74 Å². The van der Waals surface area contributed by atoms with E-state index in [9.17, 15) is 18.0 Å². The lowest BCUT2D eigenvalue weighted by Gasteiger charge is -2.18. The molecule has 0 aliphatic heterocycles.